The van der Waals surface area contributed by atoms with Gasteiger partial charge in [0.15, 0.2) is 5.96 Å². The highest BCUT2D eigenvalue weighted by atomic mass is 127. The van der Waals surface area contributed by atoms with Crippen molar-refractivity contribution >= 4 is 41.3 Å². The molecule has 1 atom stereocenters. The van der Waals surface area contributed by atoms with Crippen LogP contribution in [0.3, 0.4) is 0 Å². The van der Waals surface area contributed by atoms with Gasteiger partial charge in [0.2, 0.25) is 0 Å². The summed E-state index contributed by atoms with van der Waals surface area (Å²) >= 11 is 1.71. The summed E-state index contributed by atoms with van der Waals surface area (Å²) in [4.78, 5) is 15.4. The lowest BCUT2D eigenvalue weighted by atomic mass is 10.1. The summed E-state index contributed by atoms with van der Waals surface area (Å²) < 4.78 is 0. The first-order valence-electron chi connectivity index (χ1n) is 9.48. The topological polar surface area (TPSA) is 55.8 Å². The maximum atomic E-state index is 4.66. The lowest BCUT2D eigenvalue weighted by Gasteiger charge is -2.35. The number of aliphatic imine (C=N–C) groups is 1. The molecule has 1 unspecified atom stereocenters. The fourth-order valence-corrected chi connectivity index (χ4v) is 3.74. The molecule has 0 aromatic carbocycles. The van der Waals surface area contributed by atoms with Crippen molar-refractivity contribution in [2.24, 2.45) is 10.9 Å². The van der Waals surface area contributed by atoms with E-state index in [0.29, 0.717) is 12.5 Å². The van der Waals surface area contributed by atoms with Crippen molar-refractivity contribution in [3.63, 3.8) is 0 Å². The van der Waals surface area contributed by atoms with Gasteiger partial charge in [-0.2, -0.15) is 0 Å². The molecule has 1 aromatic heterocycles. The summed E-state index contributed by atoms with van der Waals surface area (Å²) in [5, 5.41) is 7.88. The highest BCUT2D eigenvalue weighted by Crippen LogP contribution is 2.11. The Morgan fingerprint density at radius 3 is 2.50 bits per heavy atom. The summed E-state index contributed by atoms with van der Waals surface area (Å²) in [6.45, 7) is 18.3. The SMILES string of the molecule is CCNC(=NCc1ncc(C)s1)NCC(C)CN1CCN(CC)CC1.I. The van der Waals surface area contributed by atoms with Crippen LogP contribution in [-0.2, 0) is 6.54 Å². The number of aryl methyl sites for hydroxylation is 1. The minimum absolute atomic E-state index is 0. The van der Waals surface area contributed by atoms with Gasteiger partial charge in [-0.15, -0.1) is 35.3 Å². The molecule has 6 nitrogen and oxygen atoms in total. The Balaban J connectivity index is 0.00000338. The van der Waals surface area contributed by atoms with Gasteiger partial charge >= 0.3 is 0 Å². The quantitative estimate of drug-likeness (QED) is 0.330. The number of guanidine groups is 1. The first-order chi connectivity index (χ1) is 12.1. The smallest absolute Gasteiger partial charge is 0.191 e. The van der Waals surface area contributed by atoms with Crippen LogP contribution in [0.25, 0.3) is 0 Å². The van der Waals surface area contributed by atoms with E-state index in [1.54, 1.807) is 11.3 Å². The molecule has 2 heterocycles. The van der Waals surface area contributed by atoms with Gasteiger partial charge in [-0.05, 0) is 26.3 Å². The Morgan fingerprint density at radius 1 is 1.23 bits per heavy atom. The van der Waals surface area contributed by atoms with Gasteiger partial charge in [0.05, 0.1) is 6.54 Å². The van der Waals surface area contributed by atoms with Crippen LogP contribution in [0.15, 0.2) is 11.2 Å². The Bertz CT molecular complexity index is 528. The third-order valence-electron chi connectivity index (χ3n) is 4.49. The van der Waals surface area contributed by atoms with Crippen LogP contribution < -0.4 is 10.6 Å². The highest BCUT2D eigenvalue weighted by molar-refractivity contribution is 14.0. The predicted octanol–water partition coefficient (Wildman–Crippen LogP) is 2.40. The van der Waals surface area contributed by atoms with Crippen molar-refractivity contribution in [1.82, 2.24) is 25.4 Å². The molecule has 0 aliphatic carbocycles. The number of nitrogens with zero attached hydrogens (tertiary/aromatic N) is 4. The maximum Gasteiger partial charge on any atom is 0.191 e. The number of halogens is 1. The number of hydrogen-bond acceptors (Lipinski definition) is 5. The van der Waals surface area contributed by atoms with Gasteiger partial charge in [-0.1, -0.05) is 13.8 Å². The summed E-state index contributed by atoms with van der Waals surface area (Å²) in [6, 6.07) is 0. The average molecular weight is 494 g/mol. The molecule has 0 spiro atoms. The van der Waals surface area contributed by atoms with Crippen molar-refractivity contribution < 1.29 is 0 Å². The van der Waals surface area contributed by atoms with Crippen molar-refractivity contribution in [1.29, 1.82) is 0 Å². The predicted molar refractivity (Wildman–Crippen MR) is 123 cm³/mol. The van der Waals surface area contributed by atoms with Crippen LogP contribution in [0.1, 0.15) is 30.7 Å². The number of likely N-dealkylation sites (N-methyl/N-ethyl adjacent to an activating group) is 1. The number of aromatic nitrogens is 1. The minimum atomic E-state index is 0. The molecular weight excluding hydrogens is 459 g/mol. The van der Waals surface area contributed by atoms with E-state index in [1.807, 2.05) is 6.20 Å². The zero-order valence-electron chi connectivity index (χ0n) is 16.6. The first kappa shape index (κ1) is 23.6. The van der Waals surface area contributed by atoms with E-state index in [0.717, 1.165) is 30.6 Å². The molecule has 150 valence electrons. The number of rotatable bonds is 8. The van der Waals surface area contributed by atoms with Gasteiger partial charge in [0.1, 0.15) is 5.01 Å². The molecule has 0 bridgehead atoms. The second-order valence-corrected chi connectivity index (χ2v) is 8.10. The third-order valence-corrected chi connectivity index (χ3v) is 5.38. The fourth-order valence-electron chi connectivity index (χ4n) is 3.03. The summed E-state index contributed by atoms with van der Waals surface area (Å²) in [7, 11) is 0. The molecule has 0 radical (unpaired) electrons. The van der Waals surface area contributed by atoms with Crippen molar-refractivity contribution in [2.75, 3.05) is 52.4 Å². The van der Waals surface area contributed by atoms with E-state index >= 15 is 0 Å². The molecule has 8 heteroatoms. The van der Waals surface area contributed by atoms with E-state index in [2.05, 4.69) is 58.1 Å². The lowest BCUT2D eigenvalue weighted by molar-refractivity contribution is 0.124. The average Bonchev–Trinajstić information content (AvgIpc) is 3.03. The monoisotopic (exact) mass is 494 g/mol. The fraction of sp³-hybridized carbons (Fsp3) is 0.778. The van der Waals surface area contributed by atoms with Crippen LogP contribution >= 0.6 is 35.3 Å². The van der Waals surface area contributed by atoms with Crippen molar-refractivity contribution in [3.05, 3.63) is 16.1 Å². The summed E-state index contributed by atoms with van der Waals surface area (Å²) in [5.74, 6) is 1.48. The molecular formula is C18H35IN6S. The second kappa shape index (κ2) is 12.9. The molecule has 1 aliphatic heterocycles. The van der Waals surface area contributed by atoms with Gasteiger partial charge in [-0.3, -0.25) is 0 Å². The Hall–Kier alpha value is -0.450. The molecule has 0 saturated carbocycles. The zero-order valence-corrected chi connectivity index (χ0v) is 19.8. The van der Waals surface area contributed by atoms with Crippen LogP contribution in [0.4, 0.5) is 0 Å². The zero-order chi connectivity index (χ0) is 18.1. The number of nitrogens with one attached hydrogen (secondary N) is 2. The van der Waals surface area contributed by atoms with Crippen LogP contribution in [0.2, 0.25) is 0 Å². The van der Waals surface area contributed by atoms with Crippen LogP contribution in [0.5, 0.6) is 0 Å². The Kier molecular flexibility index (Phi) is 11.7. The second-order valence-electron chi connectivity index (χ2n) is 6.78. The molecule has 1 saturated heterocycles. The number of piperazine rings is 1. The molecule has 0 amide bonds. The Morgan fingerprint density at radius 2 is 1.92 bits per heavy atom. The van der Waals surface area contributed by atoms with E-state index in [4.69, 9.17) is 0 Å². The van der Waals surface area contributed by atoms with Crippen LogP contribution in [-0.4, -0.2) is 73.1 Å². The summed E-state index contributed by atoms with van der Waals surface area (Å²) in [6.07, 6.45) is 1.91. The lowest BCUT2D eigenvalue weighted by Crippen LogP contribution is -2.48. The van der Waals surface area contributed by atoms with E-state index in [-0.39, 0.29) is 24.0 Å². The minimum Gasteiger partial charge on any atom is -0.357 e. The molecule has 26 heavy (non-hydrogen) atoms. The van der Waals surface area contributed by atoms with Gasteiger partial charge in [-0.25, -0.2) is 9.98 Å². The number of hydrogen-bond donors (Lipinski definition) is 2. The first-order valence-corrected chi connectivity index (χ1v) is 10.3. The van der Waals surface area contributed by atoms with E-state index < -0.39 is 0 Å². The van der Waals surface area contributed by atoms with E-state index in [1.165, 1.54) is 37.6 Å². The van der Waals surface area contributed by atoms with Gasteiger partial charge < -0.3 is 20.4 Å². The van der Waals surface area contributed by atoms with E-state index in [9.17, 15) is 0 Å². The third kappa shape index (κ3) is 8.49. The maximum absolute atomic E-state index is 4.66. The highest BCUT2D eigenvalue weighted by Gasteiger charge is 2.17. The largest absolute Gasteiger partial charge is 0.357 e. The van der Waals surface area contributed by atoms with Crippen molar-refractivity contribution in [2.45, 2.75) is 34.2 Å². The van der Waals surface area contributed by atoms with Crippen molar-refractivity contribution in [3.8, 4) is 0 Å². The molecule has 1 aromatic rings. The number of thiazole rings is 1. The molecule has 2 rings (SSSR count). The Labute approximate surface area is 179 Å². The molecule has 1 aliphatic rings. The van der Waals surface area contributed by atoms with Gasteiger partial charge in [0.25, 0.3) is 0 Å². The van der Waals surface area contributed by atoms with Gasteiger partial charge in [0, 0.05) is 56.9 Å². The normalized spacial score (nSPS) is 17.6. The standard InChI is InChI=1S/C18H34N6S.HI/c1-5-19-18(22-13-17-20-12-16(4)25-17)21-11-15(3)14-24-9-7-23(6-2)8-10-24;/h12,15H,5-11,13-14H2,1-4H3,(H2,19,21,22);1H. The summed E-state index contributed by atoms with van der Waals surface area (Å²) in [5.41, 5.74) is 0. The van der Waals surface area contributed by atoms with Crippen LogP contribution in [0, 0.1) is 12.8 Å². The molecule has 1 fully saturated rings. The molecule has 2 N–H and O–H groups in total.